The number of piperazine rings is 1. The molecule has 0 bridgehead atoms. The normalized spacial score (nSPS) is 14.2. The fourth-order valence-electron chi connectivity index (χ4n) is 2.66. The number of nitro groups is 1. The van der Waals surface area contributed by atoms with Crippen LogP contribution in [0.1, 0.15) is 5.82 Å². The highest BCUT2D eigenvalue weighted by Crippen LogP contribution is 2.20. The number of benzene rings is 1. The van der Waals surface area contributed by atoms with Gasteiger partial charge in [0.15, 0.2) is 0 Å². The molecule has 1 aliphatic rings. The van der Waals surface area contributed by atoms with Crippen molar-refractivity contribution in [2.45, 2.75) is 6.54 Å². The second-order valence-corrected chi connectivity index (χ2v) is 5.52. The zero-order chi connectivity index (χ0) is 17.8. The maximum atomic E-state index is 12.3. The van der Waals surface area contributed by atoms with Gasteiger partial charge in [-0.3, -0.25) is 14.9 Å². The second-order valence-electron chi connectivity index (χ2n) is 5.52. The molecule has 0 saturated carbocycles. The molecule has 1 aromatic heterocycles. The van der Waals surface area contributed by atoms with Gasteiger partial charge < -0.3 is 9.80 Å². The Balaban J connectivity index is 1.55. The van der Waals surface area contributed by atoms with Crippen LogP contribution in [-0.2, 0) is 11.3 Å². The monoisotopic (exact) mass is 341 g/mol. The van der Waals surface area contributed by atoms with Crippen LogP contribution in [0, 0.1) is 21.4 Å². The van der Waals surface area contributed by atoms with E-state index in [1.54, 1.807) is 17.0 Å². The van der Waals surface area contributed by atoms with E-state index in [-0.39, 0.29) is 24.0 Å². The molecule has 0 atom stereocenters. The van der Waals surface area contributed by atoms with Gasteiger partial charge >= 0.3 is 0 Å². The van der Waals surface area contributed by atoms with Crippen molar-refractivity contribution in [3.8, 4) is 6.07 Å². The van der Waals surface area contributed by atoms with E-state index < -0.39 is 4.92 Å². The fourth-order valence-corrected chi connectivity index (χ4v) is 2.66. The van der Waals surface area contributed by atoms with Gasteiger partial charge in [0.2, 0.25) is 5.91 Å². The molecule has 0 aliphatic carbocycles. The summed E-state index contributed by atoms with van der Waals surface area (Å²) in [5, 5.41) is 23.3. The molecule has 1 fully saturated rings. The number of non-ortho nitro benzene ring substituents is 1. The molecule has 10 nitrogen and oxygen atoms in total. The van der Waals surface area contributed by atoms with Gasteiger partial charge in [-0.25, -0.2) is 9.67 Å². The SMILES string of the molecule is N#Cc1ncn(CC(=O)N2CCN(c3ccc([N+](=O)[O-])cc3)CC2)n1. The molecule has 1 aromatic carbocycles. The highest BCUT2D eigenvalue weighted by Gasteiger charge is 2.22. The van der Waals surface area contributed by atoms with Crippen molar-refractivity contribution >= 4 is 17.3 Å². The molecule has 2 aromatic rings. The van der Waals surface area contributed by atoms with Crippen LogP contribution < -0.4 is 4.90 Å². The van der Waals surface area contributed by atoms with Crippen molar-refractivity contribution in [2.75, 3.05) is 31.1 Å². The first-order chi connectivity index (χ1) is 12.1. The zero-order valence-electron chi connectivity index (χ0n) is 13.3. The predicted molar refractivity (Wildman–Crippen MR) is 86.6 cm³/mol. The number of nitriles is 1. The number of anilines is 1. The first-order valence-electron chi connectivity index (χ1n) is 7.63. The van der Waals surface area contributed by atoms with Crippen LogP contribution in [0.3, 0.4) is 0 Å². The average molecular weight is 341 g/mol. The van der Waals surface area contributed by atoms with E-state index >= 15 is 0 Å². The van der Waals surface area contributed by atoms with Crippen molar-refractivity contribution in [2.24, 2.45) is 0 Å². The molecule has 3 rings (SSSR count). The van der Waals surface area contributed by atoms with E-state index in [0.29, 0.717) is 26.2 Å². The number of rotatable bonds is 4. The summed E-state index contributed by atoms with van der Waals surface area (Å²) >= 11 is 0. The van der Waals surface area contributed by atoms with Crippen LogP contribution in [0.25, 0.3) is 0 Å². The number of amides is 1. The Morgan fingerprint density at radius 1 is 1.24 bits per heavy atom. The van der Waals surface area contributed by atoms with Gasteiger partial charge in [0.05, 0.1) is 4.92 Å². The van der Waals surface area contributed by atoms with Crippen LogP contribution in [0.15, 0.2) is 30.6 Å². The van der Waals surface area contributed by atoms with Crippen LogP contribution in [0.4, 0.5) is 11.4 Å². The molecule has 2 heterocycles. The van der Waals surface area contributed by atoms with E-state index in [1.807, 2.05) is 6.07 Å². The molecular weight excluding hydrogens is 326 g/mol. The maximum absolute atomic E-state index is 12.3. The highest BCUT2D eigenvalue weighted by atomic mass is 16.6. The third kappa shape index (κ3) is 3.72. The third-order valence-corrected chi connectivity index (χ3v) is 3.99. The fraction of sp³-hybridized carbons (Fsp3) is 0.333. The quantitative estimate of drug-likeness (QED) is 0.583. The van der Waals surface area contributed by atoms with Crippen molar-refractivity contribution in [1.82, 2.24) is 19.7 Å². The summed E-state index contributed by atoms with van der Waals surface area (Å²) in [4.78, 5) is 30.1. The lowest BCUT2D eigenvalue weighted by molar-refractivity contribution is -0.384. The Bertz CT molecular complexity index is 816. The Morgan fingerprint density at radius 3 is 2.48 bits per heavy atom. The van der Waals surface area contributed by atoms with E-state index in [1.165, 1.54) is 23.1 Å². The highest BCUT2D eigenvalue weighted by molar-refractivity contribution is 5.76. The molecule has 0 N–H and O–H groups in total. The summed E-state index contributed by atoms with van der Waals surface area (Å²) < 4.78 is 1.35. The predicted octanol–water partition coefficient (Wildman–Crippen LogP) is 0.407. The minimum atomic E-state index is -0.428. The van der Waals surface area contributed by atoms with E-state index in [9.17, 15) is 14.9 Å². The minimum Gasteiger partial charge on any atom is -0.368 e. The Morgan fingerprint density at radius 2 is 1.92 bits per heavy atom. The molecule has 128 valence electrons. The lowest BCUT2D eigenvalue weighted by Crippen LogP contribution is -2.49. The minimum absolute atomic E-state index is 0.0378. The van der Waals surface area contributed by atoms with Gasteiger partial charge in [-0.2, -0.15) is 5.26 Å². The average Bonchev–Trinajstić information content (AvgIpc) is 3.09. The van der Waals surface area contributed by atoms with E-state index in [2.05, 4.69) is 15.0 Å². The Labute approximate surface area is 143 Å². The number of carbonyl (C=O) groups excluding carboxylic acids is 1. The third-order valence-electron chi connectivity index (χ3n) is 3.99. The molecule has 25 heavy (non-hydrogen) atoms. The number of carbonyl (C=O) groups is 1. The van der Waals surface area contributed by atoms with Crippen LogP contribution in [0.5, 0.6) is 0 Å². The first-order valence-corrected chi connectivity index (χ1v) is 7.63. The lowest BCUT2D eigenvalue weighted by atomic mass is 10.2. The molecule has 10 heteroatoms. The van der Waals surface area contributed by atoms with E-state index in [0.717, 1.165) is 5.69 Å². The van der Waals surface area contributed by atoms with Gasteiger partial charge in [-0.1, -0.05) is 0 Å². The number of hydrogen-bond donors (Lipinski definition) is 0. The number of nitrogens with zero attached hydrogens (tertiary/aromatic N) is 7. The Hall–Kier alpha value is -3.48. The summed E-state index contributed by atoms with van der Waals surface area (Å²) in [5.74, 6) is -0.0477. The smallest absolute Gasteiger partial charge is 0.269 e. The van der Waals surface area contributed by atoms with Gasteiger partial charge in [0.25, 0.3) is 11.5 Å². The van der Waals surface area contributed by atoms with Gasteiger partial charge in [0, 0.05) is 44.0 Å². The van der Waals surface area contributed by atoms with Crippen molar-refractivity contribution < 1.29 is 9.72 Å². The first kappa shape index (κ1) is 16.4. The van der Waals surface area contributed by atoms with Gasteiger partial charge in [0.1, 0.15) is 18.9 Å². The standard InChI is InChI=1S/C15H15N7O3/c16-9-14-17-11-21(18-14)10-15(23)20-7-5-19(6-8-20)12-1-3-13(4-2-12)22(24)25/h1-4,11H,5-8,10H2. The summed E-state index contributed by atoms with van der Waals surface area (Å²) in [6.45, 7) is 2.44. The van der Waals surface area contributed by atoms with Crippen molar-refractivity contribution in [3.63, 3.8) is 0 Å². The number of hydrogen-bond acceptors (Lipinski definition) is 7. The Kier molecular flexibility index (Phi) is 4.56. The van der Waals surface area contributed by atoms with Crippen molar-refractivity contribution in [1.29, 1.82) is 5.26 Å². The number of aromatic nitrogens is 3. The summed E-state index contributed by atoms with van der Waals surface area (Å²) in [5.41, 5.74) is 0.953. The van der Waals surface area contributed by atoms with Gasteiger partial charge in [-0.15, -0.1) is 5.10 Å². The summed E-state index contributed by atoms with van der Waals surface area (Å²) in [6, 6.07) is 8.20. The molecular formula is C15H15N7O3. The van der Waals surface area contributed by atoms with Crippen molar-refractivity contribution in [3.05, 3.63) is 46.5 Å². The topological polar surface area (TPSA) is 121 Å². The molecule has 0 radical (unpaired) electrons. The van der Waals surface area contributed by atoms with Crippen LogP contribution in [0.2, 0.25) is 0 Å². The second kappa shape index (κ2) is 6.96. The molecule has 0 unspecified atom stereocenters. The molecule has 0 spiro atoms. The van der Waals surface area contributed by atoms with Crippen LogP contribution in [-0.4, -0.2) is 56.7 Å². The zero-order valence-corrected chi connectivity index (χ0v) is 13.3. The summed E-state index contributed by atoms with van der Waals surface area (Å²) in [7, 11) is 0. The molecule has 1 aliphatic heterocycles. The molecule has 1 saturated heterocycles. The number of nitro benzene ring substituents is 1. The van der Waals surface area contributed by atoms with Crippen LogP contribution >= 0.6 is 0 Å². The van der Waals surface area contributed by atoms with E-state index in [4.69, 9.17) is 5.26 Å². The largest absolute Gasteiger partial charge is 0.368 e. The van der Waals surface area contributed by atoms with Gasteiger partial charge in [-0.05, 0) is 12.1 Å². The lowest BCUT2D eigenvalue weighted by Gasteiger charge is -2.36. The molecule has 1 amide bonds. The maximum Gasteiger partial charge on any atom is 0.269 e. The summed E-state index contributed by atoms with van der Waals surface area (Å²) in [6.07, 6.45) is 1.36.